The van der Waals surface area contributed by atoms with Gasteiger partial charge < -0.3 is 10.1 Å². The highest BCUT2D eigenvalue weighted by Crippen LogP contribution is 2.42. The van der Waals surface area contributed by atoms with Crippen molar-refractivity contribution in [3.8, 4) is 5.75 Å². The second-order valence-electron chi connectivity index (χ2n) is 7.64. The number of benzene rings is 1. The number of rotatable bonds is 7. The molecule has 0 saturated heterocycles. The van der Waals surface area contributed by atoms with E-state index >= 15 is 0 Å². The molecular weight excluding hydrogens is 282 g/mol. The normalized spacial score (nSPS) is 18.2. The summed E-state index contributed by atoms with van der Waals surface area (Å²) in [5.41, 5.74) is 5.75. The zero-order chi connectivity index (χ0) is 17.0. The summed E-state index contributed by atoms with van der Waals surface area (Å²) in [6, 6.07) is 8.11. The van der Waals surface area contributed by atoms with Gasteiger partial charge in [0.15, 0.2) is 0 Å². The Morgan fingerprint density at radius 3 is 2.70 bits per heavy atom. The molecule has 0 heterocycles. The molecule has 0 radical (unpaired) electrons. The maximum atomic E-state index is 5.43. The Hall–Kier alpha value is -1.70. The molecule has 2 nitrogen and oxygen atoms in total. The Balaban J connectivity index is 2.04. The number of hydrogen-bond acceptors (Lipinski definition) is 2. The van der Waals surface area contributed by atoms with E-state index in [-0.39, 0.29) is 5.41 Å². The van der Waals surface area contributed by atoms with Crippen molar-refractivity contribution in [1.29, 1.82) is 0 Å². The SMILES string of the molecule is C=C(C)C1CCC(C)=C1CC(C)(C)CNc1ccccc1OC. The van der Waals surface area contributed by atoms with Gasteiger partial charge in [0.05, 0.1) is 12.8 Å². The Kier molecular flexibility index (Phi) is 5.56. The predicted octanol–water partition coefficient (Wildman–Crippen LogP) is 5.83. The Bertz CT molecular complexity index is 598. The van der Waals surface area contributed by atoms with E-state index in [0.29, 0.717) is 5.92 Å². The lowest BCUT2D eigenvalue weighted by Gasteiger charge is -2.29. The van der Waals surface area contributed by atoms with E-state index in [4.69, 9.17) is 4.74 Å². The van der Waals surface area contributed by atoms with Crippen LogP contribution in [0.3, 0.4) is 0 Å². The molecule has 0 bridgehead atoms. The minimum atomic E-state index is 0.190. The largest absolute Gasteiger partial charge is 0.495 e. The summed E-state index contributed by atoms with van der Waals surface area (Å²) in [5.74, 6) is 1.49. The van der Waals surface area contributed by atoms with Gasteiger partial charge in [-0.15, -0.1) is 0 Å². The number of nitrogens with one attached hydrogen (secondary N) is 1. The highest BCUT2D eigenvalue weighted by molar-refractivity contribution is 5.56. The molecule has 1 unspecified atom stereocenters. The predicted molar refractivity (Wildman–Crippen MR) is 100 cm³/mol. The van der Waals surface area contributed by atoms with Gasteiger partial charge in [0, 0.05) is 12.5 Å². The standard InChI is InChI=1S/C21H31NO/c1-15(2)17-12-11-16(3)18(17)13-21(4,5)14-22-19-9-7-8-10-20(19)23-6/h7-10,17,22H,1,11-14H2,2-6H3. The fourth-order valence-electron chi connectivity index (χ4n) is 3.51. The number of anilines is 1. The van der Waals surface area contributed by atoms with Gasteiger partial charge in [-0.2, -0.15) is 0 Å². The molecular formula is C21H31NO. The summed E-state index contributed by atoms with van der Waals surface area (Å²) in [7, 11) is 1.72. The van der Waals surface area contributed by atoms with Crippen molar-refractivity contribution >= 4 is 5.69 Å². The van der Waals surface area contributed by atoms with Crippen molar-refractivity contribution in [3.63, 3.8) is 0 Å². The lowest BCUT2D eigenvalue weighted by Crippen LogP contribution is -2.25. The summed E-state index contributed by atoms with van der Waals surface area (Å²) in [6.45, 7) is 14.3. The van der Waals surface area contributed by atoms with E-state index in [2.05, 4.69) is 45.7 Å². The van der Waals surface area contributed by atoms with Crippen LogP contribution in [0.25, 0.3) is 0 Å². The molecule has 0 saturated carbocycles. The van der Waals surface area contributed by atoms with Crippen LogP contribution in [0, 0.1) is 11.3 Å². The van der Waals surface area contributed by atoms with Crippen molar-refractivity contribution in [1.82, 2.24) is 0 Å². The maximum absolute atomic E-state index is 5.43. The molecule has 0 spiro atoms. The number of para-hydroxylation sites is 2. The van der Waals surface area contributed by atoms with E-state index in [0.717, 1.165) is 24.4 Å². The monoisotopic (exact) mass is 313 g/mol. The highest BCUT2D eigenvalue weighted by atomic mass is 16.5. The lowest BCUT2D eigenvalue weighted by atomic mass is 9.80. The van der Waals surface area contributed by atoms with Crippen LogP contribution in [0.2, 0.25) is 0 Å². The summed E-state index contributed by atoms with van der Waals surface area (Å²) in [6.07, 6.45) is 3.59. The second-order valence-corrected chi connectivity index (χ2v) is 7.64. The number of methoxy groups -OCH3 is 1. The van der Waals surface area contributed by atoms with E-state index in [1.807, 2.05) is 18.2 Å². The van der Waals surface area contributed by atoms with Gasteiger partial charge in [-0.1, -0.05) is 49.3 Å². The van der Waals surface area contributed by atoms with Crippen molar-refractivity contribution < 1.29 is 4.74 Å². The van der Waals surface area contributed by atoms with Crippen LogP contribution in [0.1, 0.15) is 47.0 Å². The van der Waals surface area contributed by atoms with E-state index in [1.54, 1.807) is 18.3 Å². The van der Waals surface area contributed by atoms with E-state index in [1.165, 1.54) is 18.4 Å². The molecule has 23 heavy (non-hydrogen) atoms. The number of allylic oxidation sites excluding steroid dienone is 3. The van der Waals surface area contributed by atoms with Crippen LogP contribution in [0.5, 0.6) is 5.75 Å². The molecule has 1 aromatic rings. The molecule has 1 N–H and O–H groups in total. The molecule has 1 aromatic carbocycles. The topological polar surface area (TPSA) is 21.3 Å². The van der Waals surface area contributed by atoms with Gasteiger partial charge in [0.1, 0.15) is 5.75 Å². The third-order valence-electron chi connectivity index (χ3n) is 4.91. The average molecular weight is 313 g/mol. The van der Waals surface area contributed by atoms with Crippen LogP contribution in [0.15, 0.2) is 47.6 Å². The van der Waals surface area contributed by atoms with Gasteiger partial charge in [-0.05, 0) is 50.7 Å². The Labute approximate surface area is 141 Å². The number of ether oxygens (including phenoxy) is 1. The smallest absolute Gasteiger partial charge is 0.141 e. The van der Waals surface area contributed by atoms with Crippen molar-refractivity contribution in [2.45, 2.75) is 47.0 Å². The molecule has 1 aliphatic carbocycles. The third-order valence-corrected chi connectivity index (χ3v) is 4.91. The third kappa shape index (κ3) is 4.40. The van der Waals surface area contributed by atoms with E-state index in [9.17, 15) is 0 Å². The van der Waals surface area contributed by atoms with E-state index < -0.39 is 0 Å². The number of hydrogen-bond donors (Lipinski definition) is 1. The molecule has 2 heteroatoms. The van der Waals surface area contributed by atoms with Crippen molar-refractivity contribution in [2.24, 2.45) is 11.3 Å². The minimum Gasteiger partial charge on any atom is -0.495 e. The first-order valence-corrected chi connectivity index (χ1v) is 8.55. The summed E-state index contributed by atoms with van der Waals surface area (Å²) in [5, 5.41) is 3.57. The molecule has 0 amide bonds. The van der Waals surface area contributed by atoms with Gasteiger partial charge >= 0.3 is 0 Å². The van der Waals surface area contributed by atoms with Crippen molar-refractivity contribution in [3.05, 3.63) is 47.6 Å². The van der Waals surface area contributed by atoms with Gasteiger partial charge in [-0.25, -0.2) is 0 Å². The summed E-state index contributed by atoms with van der Waals surface area (Å²) < 4.78 is 5.43. The zero-order valence-electron chi connectivity index (χ0n) is 15.3. The van der Waals surface area contributed by atoms with Crippen LogP contribution in [-0.4, -0.2) is 13.7 Å². The first kappa shape index (κ1) is 17.7. The fraction of sp³-hybridized carbons (Fsp3) is 0.524. The lowest BCUT2D eigenvalue weighted by molar-refractivity contribution is 0.374. The van der Waals surface area contributed by atoms with Gasteiger partial charge in [0.2, 0.25) is 0 Å². The Morgan fingerprint density at radius 1 is 1.35 bits per heavy atom. The Morgan fingerprint density at radius 2 is 2.04 bits per heavy atom. The molecule has 0 aromatic heterocycles. The molecule has 0 fully saturated rings. The zero-order valence-corrected chi connectivity index (χ0v) is 15.3. The van der Waals surface area contributed by atoms with Gasteiger partial charge in [0.25, 0.3) is 0 Å². The first-order chi connectivity index (χ1) is 10.8. The fourth-order valence-corrected chi connectivity index (χ4v) is 3.51. The van der Waals surface area contributed by atoms with Crippen LogP contribution < -0.4 is 10.1 Å². The summed E-state index contributed by atoms with van der Waals surface area (Å²) >= 11 is 0. The maximum Gasteiger partial charge on any atom is 0.141 e. The van der Waals surface area contributed by atoms with Crippen LogP contribution in [-0.2, 0) is 0 Å². The first-order valence-electron chi connectivity index (χ1n) is 8.55. The van der Waals surface area contributed by atoms with Crippen LogP contribution in [0.4, 0.5) is 5.69 Å². The van der Waals surface area contributed by atoms with Gasteiger partial charge in [-0.3, -0.25) is 0 Å². The van der Waals surface area contributed by atoms with Crippen LogP contribution >= 0.6 is 0 Å². The molecule has 0 aliphatic heterocycles. The molecule has 1 atom stereocenters. The molecule has 126 valence electrons. The molecule has 2 rings (SSSR count). The minimum absolute atomic E-state index is 0.190. The van der Waals surface area contributed by atoms with Crippen molar-refractivity contribution in [2.75, 3.05) is 19.0 Å². The average Bonchev–Trinajstić information content (AvgIpc) is 2.86. The highest BCUT2D eigenvalue weighted by Gasteiger charge is 2.29. The molecule has 1 aliphatic rings. The quantitative estimate of drug-likeness (QED) is 0.640. The summed E-state index contributed by atoms with van der Waals surface area (Å²) in [4.78, 5) is 0. The second kappa shape index (κ2) is 7.25.